The van der Waals surface area contributed by atoms with E-state index in [0.717, 1.165) is 0 Å². The van der Waals surface area contributed by atoms with Crippen LogP contribution in [0.1, 0.15) is 10.4 Å². The molecular weight excluding hydrogens is 246 g/mol. The van der Waals surface area contributed by atoms with Crippen molar-refractivity contribution in [2.45, 2.75) is 6.10 Å². The Kier molecular flexibility index (Phi) is 5.06. The molecule has 17 heavy (non-hydrogen) atoms. The van der Waals surface area contributed by atoms with Gasteiger partial charge in [0.15, 0.2) is 0 Å². The number of nitrogens with one attached hydrogen (secondary N) is 1. The zero-order valence-corrected chi connectivity index (χ0v) is 10.1. The highest BCUT2D eigenvalue weighted by Gasteiger charge is 2.09. The SMILES string of the molecule is COc1cc(C(=O)O)ccc1NCC(O)CCl. The highest BCUT2D eigenvalue weighted by atomic mass is 35.5. The van der Waals surface area contributed by atoms with Crippen molar-refractivity contribution in [1.82, 2.24) is 0 Å². The van der Waals surface area contributed by atoms with E-state index in [1.807, 2.05) is 0 Å². The second-order valence-corrected chi connectivity index (χ2v) is 3.72. The molecule has 0 amide bonds. The average Bonchev–Trinajstić information content (AvgIpc) is 2.35. The maximum absolute atomic E-state index is 10.8. The van der Waals surface area contributed by atoms with Crippen molar-refractivity contribution in [3.63, 3.8) is 0 Å². The highest BCUT2D eigenvalue weighted by Crippen LogP contribution is 2.25. The molecule has 0 aromatic heterocycles. The highest BCUT2D eigenvalue weighted by molar-refractivity contribution is 6.18. The molecule has 0 aliphatic carbocycles. The molecule has 1 atom stereocenters. The third kappa shape index (κ3) is 3.80. The van der Waals surface area contributed by atoms with E-state index < -0.39 is 12.1 Å². The lowest BCUT2D eigenvalue weighted by molar-refractivity contribution is 0.0696. The van der Waals surface area contributed by atoms with E-state index in [9.17, 15) is 9.90 Å². The maximum atomic E-state index is 10.8. The number of hydrogen-bond acceptors (Lipinski definition) is 4. The van der Waals surface area contributed by atoms with Crippen molar-refractivity contribution in [3.8, 4) is 5.75 Å². The Morgan fingerprint density at radius 2 is 2.29 bits per heavy atom. The molecular formula is C11H14ClNO4. The molecule has 0 spiro atoms. The number of carboxylic acids is 1. The van der Waals surface area contributed by atoms with Gasteiger partial charge in [0.25, 0.3) is 0 Å². The van der Waals surface area contributed by atoms with Crippen LogP contribution < -0.4 is 10.1 Å². The van der Waals surface area contributed by atoms with E-state index in [-0.39, 0.29) is 18.0 Å². The molecule has 94 valence electrons. The number of aliphatic hydroxyl groups is 1. The molecule has 0 heterocycles. The fraction of sp³-hybridized carbons (Fsp3) is 0.364. The van der Waals surface area contributed by atoms with E-state index in [2.05, 4.69) is 5.32 Å². The van der Waals surface area contributed by atoms with Crippen LogP contribution in [0.4, 0.5) is 5.69 Å². The molecule has 0 bridgehead atoms. The molecule has 0 fully saturated rings. The van der Waals surface area contributed by atoms with E-state index in [0.29, 0.717) is 11.4 Å². The molecule has 0 aliphatic rings. The number of rotatable bonds is 6. The monoisotopic (exact) mass is 259 g/mol. The molecule has 1 aromatic carbocycles. The largest absolute Gasteiger partial charge is 0.495 e. The Bertz CT molecular complexity index is 397. The van der Waals surface area contributed by atoms with Crippen molar-refractivity contribution < 1.29 is 19.7 Å². The minimum atomic E-state index is -1.02. The van der Waals surface area contributed by atoms with E-state index >= 15 is 0 Å². The van der Waals surface area contributed by atoms with Gasteiger partial charge in [-0.1, -0.05) is 0 Å². The molecule has 0 aliphatic heterocycles. The quantitative estimate of drug-likeness (QED) is 0.673. The summed E-state index contributed by atoms with van der Waals surface area (Å²) in [6.07, 6.45) is -0.666. The number of halogens is 1. The van der Waals surface area contributed by atoms with Crippen LogP contribution in [0, 0.1) is 0 Å². The molecule has 6 heteroatoms. The lowest BCUT2D eigenvalue weighted by atomic mass is 10.2. The zero-order valence-electron chi connectivity index (χ0n) is 9.31. The van der Waals surface area contributed by atoms with Gasteiger partial charge in [-0.2, -0.15) is 0 Å². The van der Waals surface area contributed by atoms with Crippen molar-refractivity contribution in [3.05, 3.63) is 23.8 Å². The Morgan fingerprint density at radius 1 is 1.59 bits per heavy atom. The summed E-state index contributed by atoms with van der Waals surface area (Å²) in [7, 11) is 1.45. The fourth-order valence-corrected chi connectivity index (χ4v) is 1.36. The van der Waals surface area contributed by atoms with E-state index in [1.165, 1.54) is 19.2 Å². The third-order valence-electron chi connectivity index (χ3n) is 2.15. The lowest BCUT2D eigenvalue weighted by Gasteiger charge is -2.13. The number of anilines is 1. The van der Waals surface area contributed by atoms with Gasteiger partial charge >= 0.3 is 5.97 Å². The van der Waals surface area contributed by atoms with Gasteiger partial charge in [0.05, 0.1) is 30.3 Å². The minimum Gasteiger partial charge on any atom is -0.495 e. The van der Waals surface area contributed by atoms with Gasteiger partial charge in [0.1, 0.15) is 5.75 Å². The summed E-state index contributed by atoms with van der Waals surface area (Å²) < 4.78 is 5.06. The average molecular weight is 260 g/mol. The number of aromatic carboxylic acids is 1. The molecule has 1 aromatic rings. The zero-order chi connectivity index (χ0) is 12.8. The molecule has 5 nitrogen and oxygen atoms in total. The van der Waals surface area contributed by atoms with E-state index in [1.54, 1.807) is 6.07 Å². The van der Waals surface area contributed by atoms with Crippen LogP contribution in [0.2, 0.25) is 0 Å². The first-order valence-corrected chi connectivity index (χ1v) is 5.51. The van der Waals surface area contributed by atoms with Crippen LogP contribution in [0.3, 0.4) is 0 Å². The van der Waals surface area contributed by atoms with Crippen molar-refractivity contribution >= 4 is 23.3 Å². The van der Waals surface area contributed by atoms with Crippen molar-refractivity contribution in [2.24, 2.45) is 0 Å². The summed E-state index contributed by atoms with van der Waals surface area (Å²) >= 11 is 5.46. The van der Waals surface area contributed by atoms with Gasteiger partial charge in [-0.05, 0) is 18.2 Å². The molecule has 3 N–H and O–H groups in total. The molecule has 0 saturated carbocycles. The van der Waals surface area contributed by atoms with Crippen LogP contribution >= 0.6 is 11.6 Å². The normalized spacial score (nSPS) is 11.9. The number of hydrogen-bond donors (Lipinski definition) is 3. The van der Waals surface area contributed by atoms with Gasteiger partial charge < -0.3 is 20.3 Å². The first-order valence-electron chi connectivity index (χ1n) is 4.97. The number of carbonyl (C=O) groups is 1. The summed E-state index contributed by atoms with van der Waals surface area (Å²) in [6.45, 7) is 0.270. The third-order valence-corrected chi connectivity index (χ3v) is 2.51. The minimum absolute atomic E-state index is 0.128. The standard InChI is InChI=1S/C11H14ClNO4/c1-17-10-4-7(11(15)16)2-3-9(10)13-6-8(14)5-12/h2-4,8,13-14H,5-6H2,1H3,(H,15,16). The number of ether oxygens (including phenoxy) is 1. The molecule has 1 unspecified atom stereocenters. The van der Waals surface area contributed by atoms with Crippen LogP contribution in [0.15, 0.2) is 18.2 Å². The number of benzene rings is 1. The lowest BCUT2D eigenvalue weighted by Crippen LogP contribution is -2.21. The van der Waals surface area contributed by atoms with Crippen LogP contribution in [0.25, 0.3) is 0 Å². The topological polar surface area (TPSA) is 78.8 Å². The van der Waals surface area contributed by atoms with Gasteiger partial charge in [-0.3, -0.25) is 0 Å². The van der Waals surface area contributed by atoms with Gasteiger partial charge in [0.2, 0.25) is 0 Å². The maximum Gasteiger partial charge on any atom is 0.335 e. The van der Waals surface area contributed by atoms with Crippen molar-refractivity contribution in [2.75, 3.05) is 24.9 Å². The molecule has 0 saturated heterocycles. The number of aliphatic hydroxyl groups excluding tert-OH is 1. The Morgan fingerprint density at radius 3 is 2.82 bits per heavy atom. The van der Waals surface area contributed by atoms with Crippen molar-refractivity contribution in [1.29, 1.82) is 0 Å². The Hall–Kier alpha value is -1.46. The smallest absolute Gasteiger partial charge is 0.335 e. The fourth-order valence-electron chi connectivity index (χ4n) is 1.25. The van der Waals surface area contributed by atoms with E-state index in [4.69, 9.17) is 21.4 Å². The molecule has 1 rings (SSSR count). The second kappa shape index (κ2) is 6.32. The first kappa shape index (κ1) is 13.6. The summed E-state index contributed by atoms with van der Waals surface area (Å²) in [5.74, 6) is -0.481. The van der Waals surface area contributed by atoms with Crippen LogP contribution in [0.5, 0.6) is 5.75 Å². The summed E-state index contributed by atoms with van der Waals surface area (Å²) in [4.78, 5) is 10.8. The Labute approximate surface area is 104 Å². The Balaban J connectivity index is 2.82. The van der Waals surface area contributed by atoms with Crippen LogP contribution in [-0.4, -0.2) is 41.8 Å². The second-order valence-electron chi connectivity index (χ2n) is 3.41. The summed E-state index contributed by atoms with van der Waals surface area (Å²) in [5.41, 5.74) is 0.756. The first-order chi connectivity index (χ1) is 8.08. The summed E-state index contributed by atoms with van der Waals surface area (Å²) in [6, 6.07) is 4.46. The predicted octanol–water partition coefficient (Wildman–Crippen LogP) is 1.40. The van der Waals surface area contributed by atoms with Gasteiger partial charge in [-0.25, -0.2) is 4.79 Å². The number of carboxylic acid groups (broad SMARTS) is 1. The van der Waals surface area contributed by atoms with Gasteiger partial charge in [-0.15, -0.1) is 11.6 Å². The predicted molar refractivity (Wildman–Crippen MR) is 65.2 cm³/mol. The molecule has 0 radical (unpaired) electrons. The van der Waals surface area contributed by atoms with Gasteiger partial charge in [0, 0.05) is 6.54 Å². The number of methoxy groups -OCH3 is 1. The number of alkyl halides is 1. The summed E-state index contributed by atoms with van der Waals surface area (Å²) in [5, 5.41) is 21.0. The van der Waals surface area contributed by atoms with Crippen LogP contribution in [-0.2, 0) is 0 Å².